The standard InChI is InChI=1S/C26H28N8O2S/c1-19-13-23-21(16-29-34(23)25-9-11-27-31(25)2)14-22(19)26(15-20-7-5-4-6-8-20)10-12-33(18-26)37(35,36)24-17-28-32(3)30-24/h4-9,11,13-14,16-17H,10,12,15,18H2,1-3H3. The topological polar surface area (TPSA) is 104 Å². The maximum Gasteiger partial charge on any atom is 0.264 e. The number of hydrogen-bond donors (Lipinski definition) is 0. The molecule has 1 fully saturated rings. The highest BCUT2D eigenvalue weighted by atomic mass is 32.2. The molecule has 2 aromatic carbocycles. The molecule has 37 heavy (non-hydrogen) atoms. The highest BCUT2D eigenvalue weighted by Crippen LogP contribution is 2.42. The fourth-order valence-corrected chi connectivity index (χ4v) is 6.99. The predicted octanol–water partition coefficient (Wildman–Crippen LogP) is 2.77. The molecule has 1 saturated heterocycles. The van der Waals surface area contributed by atoms with Crippen LogP contribution in [0.1, 0.15) is 23.1 Å². The van der Waals surface area contributed by atoms with Crippen molar-refractivity contribution >= 4 is 20.9 Å². The molecule has 0 radical (unpaired) electrons. The van der Waals surface area contributed by atoms with Gasteiger partial charge in [0.2, 0.25) is 5.03 Å². The van der Waals surface area contributed by atoms with E-state index in [4.69, 9.17) is 0 Å². The van der Waals surface area contributed by atoms with Crippen molar-refractivity contribution in [3.05, 3.63) is 83.8 Å². The zero-order chi connectivity index (χ0) is 25.8. The van der Waals surface area contributed by atoms with Gasteiger partial charge in [0.15, 0.2) is 5.82 Å². The molecule has 1 unspecified atom stereocenters. The Hall–Kier alpha value is -3.83. The number of aromatic nitrogens is 7. The van der Waals surface area contributed by atoms with Gasteiger partial charge in [0, 0.05) is 44.1 Å². The molecule has 10 nitrogen and oxygen atoms in total. The first-order valence-corrected chi connectivity index (χ1v) is 13.6. The lowest BCUT2D eigenvalue weighted by molar-refractivity contribution is 0.412. The van der Waals surface area contributed by atoms with Crippen LogP contribution < -0.4 is 0 Å². The fourth-order valence-electron chi connectivity index (χ4n) is 5.57. The van der Waals surface area contributed by atoms with Crippen LogP contribution >= 0.6 is 0 Å². The lowest BCUT2D eigenvalue weighted by Crippen LogP contribution is -2.36. The van der Waals surface area contributed by atoms with Crippen LogP contribution in [0, 0.1) is 6.92 Å². The summed E-state index contributed by atoms with van der Waals surface area (Å²) in [5, 5.41) is 18.0. The van der Waals surface area contributed by atoms with Crippen LogP contribution in [0.15, 0.2) is 72.1 Å². The summed E-state index contributed by atoms with van der Waals surface area (Å²) in [5.41, 5.74) is 4.01. The van der Waals surface area contributed by atoms with Crippen molar-refractivity contribution in [2.75, 3.05) is 13.1 Å². The van der Waals surface area contributed by atoms with Crippen LogP contribution in [0.25, 0.3) is 16.7 Å². The second-order valence-electron chi connectivity index (χ2n) is 9.80. The number of rotatable bonds is 6. The number of hydrogen-bond acceptors (Lipinski definition) is 6. The van der Waals surface area contributed by atoms with E-state index in [9.17, 15) is 8.42 Å². The quantitative estimate of drug-likeness (QED) is 0.344. The van der Waals surface area contributed by atoms with Crippen LogP contribution in [0.3, 0.4) is 0 Å². The molecular formula is C26H28N8O2S. The molecule has 1 atom stereocenters. The fraction of sp³-hybridized carbons (Fsp3) is 0.308. The zero-order valence-electron chi connectivity index (χ0n) is 21.0. The second kappa shape index (κ2) is 8.63. The van der Waals surface area contributed by atoms with Gasteiger partial charge in [-0.2, -0.15) is 24.4 Å². The lowest BCUT2D eigenvalue weighted by atomic mass is 9.73. The summed E-state index contributed by atoms with van der Waals surface area (Å²) in [6, 6.07) is 16.5. The maximum atomic E-state index is 13.5. The van der Waals surface area contributed by atoms with E-state index in [0.29, 0.717) is 19.5 Å². The molecule has 0 bridgehead atoms. The van der Waals surface area contributed by atoms with Gasteiger partial charge in [-0.25, -0.2) is 13.1 Å². The summed E-state index contributed by atoms with van der Waals surface area (Å²) in [5.74, 6) is 0.878. The second-order valence-corrected chi connectivity index (χ2v) is 11.7. The van der Waals surface area contributed by atoms with Gasteiger partial charge in [-0.3, -0.25) is 4.68 Å². The summed E-state index contributed by atoms with van der Waals surface area (Å²) < 4.78 is 32.2. The van der Waals surface area contributed by atoms with E-state index in [-0.39, 0.29) is 5.03 Å². The molecule has 3 aromatic heterocycles. The van der Waals surface area contributed by atoms with Gasteiger partial charge in [-0.1, -0.05) is 30.3 Å². The predicted molar refractivity (Wildman–Crippen MR) is 139 cm³/mol. The Balaban J connectivity index is 1.45. The summed E-state index contributed by atoms with van der Waals surface area (Å²) in [6.45, 7) is 2.88. The average molecular weight is 517 g/mol. The Kier molecular flexibility index (Phi) is 5.50. The Bertz CT molecular complexity index is 1700. The molecule has 0 aliphatic carbocycles. The van der Waals surface area contributed by atoms with Gasteiger partial charge in [0.1, 0.15) is 0 Å². The molecule has 11 heteroatoms. The SMILES string of the molecule is Cc1cc2c(cnn2-c2ccnn2C)cc1C1(Cc2ccccc2)CCN(S(=O)(=O)c2cnn(C)n2)C1. The van der Waals surface area contributed by atoms with Gasteiger partial charge in [0.25, 0.3) is 10.0 Å². The third-order valence-corrected chi connectivity index (χ3v) is 9.09. The minimum Gasteiger partial charge on any atom is -0.251 e. The molecule has 0 N–H and O–H groups in total. The maximum absolute atomic E-state index is 13.5. The van der Waals surface area contributed by atoms with E-state index in [1.807, 2.05) is 42.2 Å². The Morgan fingerprint density at radius 3 is 2.51 bits per heavy atom. The van der Waals surface area contributed by atoms with E-state index >= 15 is 0 Å². The highest BCUT2D eigenvalue weighted by Gasteiger charge is 2.45. The van der Waals surface area contributed by atoms with Crippen LogP contribution in [0.2, 0.25) is 0 Å². The summed E-state index contributed by atoms with van der Waals surface area (Å²) in [6.07, 6.45) is 6.36. The number of sulfonamides is 1. The molecule has 6 rings (SSSR count). The normalized spacial score (nSPS) is 18.7. The van der Waals surface area contributed by atoms with Gasteiger partial charge in [0.05, 0.1) is 24.1 Å². The minimum absolute atomic E-state index is 0.0184. The van der Waals surface area contributed by atoms with E-state index in [2.05, 4.69) is 51.6 Å². The van der Waals surface area contributed by atoms with Crippen LogP contribution in [-0.4, -0.2) is 60.4 Å². The van der Waals surface area contributed by atoms with E-state index in [1.54, 1.807) is 22.2 Å². The van der Waals surface area contributed by atoms with Crippen LogP contribution in [-0.2, 0) is 36.0 Å². The van der Waals surface area contributed by atoms with Gasteiger partial charge >= 0.3 is 0 Å². The molecule has 4 heterocycles. The summed E-state index contributed by atoms with van der Waals surface area (Å²) in [7, 11) is -0.252. The molecule has 0 amide bonds. The van der Waals surface area contributed by atoms with Crippen LogP contribution in [0.4, 0.5) is 0 Å². The highest BCUT2D eigenvalue weighted by molar-refractivity contribution is 7.89. The first kappa shape index (κ1) is 23.6. The smallest absolute Gasteiger partial charge is 0.251 e. The molecule has 1 aliphatic heterocycles. The monoisotopic (exact) mass is 516 g/mol. The van der Waals surface area contributed by atoms with E-state index in [0.717, 1.165) is 34.3 Å². The zero-order valence-corrected chi connectivity index (χ0v) is 21.8. The summed E-state index contributed by atoms with van der Waals surface area (Å²) >= 11 is 0. The number of fused-ring (bicyclic) bond motifs is 1. The van der Waals surface area contributed by atoms with Gasteiger partial charge < -0.3 is 0 Å². The molecule has 0 spiro atoms. The van der Waals surface area contributed by atoms with Crippen molar-refractivity contribution in [2.24, 2.45) is 14.1 Å². The van der Waals surface area contributed by atoms with E-state index in [1.165, 1.54) is 16.6 Å². The molecule has 5 aromatic rings. The minimum atomic E-state index is -3.76. The molecule has 0 saturated carbocycles. The van der Waals surface area contributed by atoms with Crippen molar-refractivity contribution in [3.63, 3.8) is 0 Å². The van der Waals surface area contributed by atoms with E-state index < -0.39 is 15.4 Å². The first-order chi connectivity index (χ1) is 17.8. The average Bonchev–Trinajstić information content (AvgIpc) is 3.67. The summed E-state index contributed by atoms with van der Waals surface area (Å²) in [4.78, 5) is 1.28. The third-order valence-electron chi connectivity index (χ3n) is 7.38. The Labute approximate surface area is 215 Å². The molecule has 190 valence electrons. The Morgan fingerprint density at radius 2 is 1.81 bits per heavy atom. The number of benzene rings is 2. The van der Waals surface area contributed by atoms with Crippen molar-refractivity contribution in [3.8, 4) is 5.82 Å². The largest absolute Gasteiger partial charge is 0.264 e. The van der Waals surface area contributed by atoms with Crippen molar-refractivity contribution < 1.29 is 8.42 Å². The first-order valence-electron chi connectivity index (χ1n) is 12.1. The van der Waals surface area contributed by atoms with Crippen molar-refractivity contribution in [2.45, 2.75) is 30.2 Å². The molecular weight excluding hydrogens is 488 g/mol. The number of aryl methyl sites for hydroxylation is 3. The number of nitrogens with zero attached hydrogens (tertiary/aromatic N) is 8. The van der Waals surface area contributed by atoms with Crippen molar-refractivity contribution in [1.29, 1.82) is 0 Å². The van der Waals surface area contributed by atoms with Gasteiger partial charge in [-0.15, -0.1) is 5.10 Å². The van der Waals surface area contributed by atoms with Crippen LogP contribution in [0.5, 0.6) is 0 Å². The Morgan fingerprint density at radius 1 is 1.00 bits per heavy atom. The van der Waals surface area contributed by atoms with Gasteiger partial charge in [-0.05, 0) is 48.6 Å². The molecule has 1 aliphatic rings. The van der Waals surface area contributed by atoms with Crippen molar-refractivity contribution in [1.82, 2.24) is 38.9 Å². The lowest BCUT2D eigenvalue weighted by Gasteiger charge is -2.32. The third kappa shape index (κ3) is 3.94.